The fourth-order valence-electron chi connectivity index (χ4n) is 1.72. The Balaban J connectivity index is 2.20. The number of ether oxygens (including phenoxy) is 1. The Bertz CT molecular complexity index is 625. The molecule has 0 aromatic carbocycles. The molecule has 8 heteroatoms. The molecule has 0 N–H and O–H groups in total. The Kier molecular flexibility index (Phi) is 5.23. The summed E-state index contributed by atoms with van der Waals surface area (Å²) in [5.41, 5.74) is 0. The number of thiophene rings is 1. The molecule has 21 heavy (non-hydrogen) atoms. The Morgan fingerprint density at radius 1 is 1.48 bits per heavy atom. The second kappa shape index (κ2) is 6.76. The minimum absolute atomic E-state index is 0.207. The normalized spacial score (nSPS) is 18.4. The Morgan fingerprint density at radius 2 is 2.19 bits per heavy atom. The topological polar surface area (TPSA) is 63.7 Å². The van der Waals surface area contributed by atoms with E-state index in [2.05, 4.69) is 15.9 Å². The molecule has 1 saturated heterocycles. The Hall–Kier alpha value is -1.12. The molecule has 2 amide bonds. The molecule has 1 aromatic rings. The van der Waals surface area contributed by atoms with Crippen molar-refractivity contribution < 1.29 is 19.1 Å². The highest BCUT2D eigenvalue weighted by molar-refractivity contribution is 9.11. The van der Waals surface area contributed by atoms with Gasteiger partial charge in [-0.15, -0.1) is 11.3 Å². The molecule has 112 valence electrons. The first kappa shape index (κ1) is 16.3. The SMILES string of the molecule is CCOC(=O)[C@@H](C)N1C(=O)S/C(=C/c2ccc(Br)s2)C1=O. The van der Waals surface area contributed by atoms with Crippen LogP contribution in [0, 0.1) is 0 Å². The van der Waals surface area contributed by atoms with Crippen LogP contribution < -0.4 is 0 Å². The van der Waals surface area contributed by atoms with E-state index >= 15 is 0 Å². The van der Waals surface area contributed by atoms with Gasteiger partial charge in [-0.3, -0.25) is 14.5 Å². The van der Waals surface area contributed by atoms with E-state index in [1.54, 1.807) is 13.0 Å². The molecular weight excluding hydrogens is 378 g/mol. The molecule has 0 radical (unpaired) electrons. The van der Waals surface area contributed by atoms with Gasteiger partial charge in [0.1, 0.15) is 6.04 Å². The summed E-state index contributed by atoms with van der Waals surface area (Å²) in [6.45, 7) is 3.37. The largest absolute Gasteiger partial charge is 0.464 e. The lowest BCUT2D eigenvalue weighted by Gasteiger charge is -2.19. The molecule has 2 heterocycles. The highest BCUT2D eigenvalue weighted by atomic mass is 79.9. The third-order valence-corrected chi connectivity index (χ3v) is 5.16. The van der Waals surface area contributed by atoms with Crippen LogP contribution in [-0.4, -0.2) is 34.7 Å². The zero-order valence-electron chi connectivity index (χ0n) is 11.3. The standard InChI is InChI=1S/C13H12BrNO4S2/c1-3-19-12(17)7(2)15-11(16)9(21-13(15)18)6-8-4-5-10(14)20-8/h4-7H,3H2,1-2H3/b9-6+/t7-/m1/s1. The summed E-state index contributed by atoms with van der Waals surface area (Å²) in [6, 6.07) is 2.79. The van der Waals surface area contributed by atoms with Crippen molar-refractivity contribution in [2.24, 2.45) is 0 Å². The number of nitrogens with zero attached hydrogens (tertiary/aromatic N) is 1. The van der Waals surface area contributed by atoms with Gasteiger partial charge in [0.2, 0.25) is 0 Å². The Labute approximate surface area is 138 Å². The predicted molar refractivity (Wildman–Crippen MR) is 85.9 cm³/mol. The zero-order chi connectivity index (χ0) is 15.6. The van der Waals surface area contributed by atoms with Crippen molar-refractivity contribution in [3.63, 3.8) is 0 Å². The minimum Gasteiger partial charge on any atom is -0.464 e. The number of thioether (sulfide) groups is 1. The fraction of sp³-hybridized carbons (Fsp3) is 0.308. The van der Waals surface area contributed by atoms with Crippen molar-refractivity contribution in [3.05, 3.63) is 25.7 Å². The van der Waals surface area contributed by atoms with E-state index in [0.29, 0.717) is 4.91 Å². The van der Waals surface area contributed by atoms with Crippen LogP contribution in [0.2, 0.25) is 0 Å². The van der Waals surface area contributed by atoms with Gasteiger partial charge in [0.05, 0.1) is 15.3 Å². The lowest BCUT2D eigenvalue weighted by atomic mass is 10.3. The smallest absolute Gasteiger partial charge is 0.329 e. The van der Waals surface area contributed by atoms with Gasteiger partial charge in [-0.1, -0.05) is 0 Å². The fourth-order valence-corrected chi connectivity index (χ4v) is 4.06. The van der Waals surface area contributed by atoms with Crippen LogP contribution >= 0.6 is 39.0 Å². The second-order valence-electron chi connectivity index (χ2n) is 4.12. The van der Waals surface area contributed by atoms with Gasteiger partial charge in [0.25, 0.3) is 11.1 Å². The molecule has 1 aliphatic heterocycles. The molecule has 1 atom stereocenters. The summed E-state index contributed by atoms with van der Waals surface area (Å²) >= 11 is 5.63. The molecule has 1 fully saturated rings. The molecule has 0 spiro atoms. The molecule has 0 aliphatic carbocycles. The number of amides is 2. The van der Waals surface area contributed by atoms with Crippen molar-refractivity contribution in [3.8, 4) is 0 Å². The number of rotatable bonds is 4. The van der Waals surface area contributed by atoms with E-state index in [4.69, 9.17) is 4.74 Å². The summed E-state index contributed by atoms with van der Waals surface area (Å²) in [5.74, 6) is -1.05. The molecule has 1 aromatic heterocycles. The van der Waals surface area contributed by atoms with Crippen LogP contribution in [-0.2, 0) is 14.3 Å². The molecular formula is C13H12BrNO4S2. The number of halogens is 1. The maximum Gasteiger partial charge on any atom is 0.329 e. The van der Waals surface area contributed by atoms with Crippen molar-refractivity contribution in [2.45, 2.75) is 19.9 Å². The van der Waals surface area contributed by atoms with E-state index in [-0.39, 0.29) is 6.61 Å². The van der Waals surface area contributed by atoms with Gasteiger partial charge in [-0.05, 0) is 59.7 Å². The highest BCUT2D eigenvalue weighted by Gasteiger charge is 2.41. The summed E-state index contributed by atoms with van der Waals surface area (Å²) in [5, 5.41) is -0.456. The zero-order valence-corrected chi connectivity index (χ0v) is 14.5. The van der Waals surface area contributed by atoms with Crippen LogP contribution in [0.5, 0.6) is 0 Å². The summed E-state index contributed by atoms with van der Waals surface area (Å²) in [7, 11) is 0. The average molecular weight is 390 g/mol. The molecule has 2 rings (SSSR count). The van der Waals surface area contributed by atoms with Crippen LogP contribution in [0.25, 0.3) is 6.08 Å². The quantitative estimate of drug-likeness (QED) is 0.582. The molecule has 5 nitrogen and oxygen atoms in total. The van der Waals surface area contributed by atoms with E-state index < -0.39 is 23.2 Å². The van der Waals surface area contributed by atoms with E-state index in [1.165, 1.54) is 18.3 Å². The van der Waals surface area contributed by atoms with Gasteiger partial charge in [-0.25, -0.2) is 4.79 Å². The van der Waals surface area contributed by atoms with E-state index in [9.17, 15) is 14.4 Å². The van der Waals surface area contributed by atoms with Crippen molar-refractivity contribution in [2.75, 3.05) is 6.61 Å². The van der Waals surface area contributed by atoms with Crippen molar-refractivity contribution in [1.82, 2.24) is 4.90 Å². The first-order valence-corrected chi connectivity index (χ1v) is 8.55. The lowest BCUT2D eigenvalue weighted by molar-refractivity contribution is -0.150. The number of hydrogen-bond donors (Lipinski definition) is 0. The van der Waals surface area contributed by atoms with Gasteiger partial charge in [0.15, 0.2) is 0 Å². The third-order valence-electron chi connectivity index (χ3n) is 2.71. The van der Waals surface area contributed by atoms with E-state index in [0.717, 1.165) is 25.3 Å². The average Bonchev–Trinajstić information content (AvgIpc) is 2.94. The summed E-state index contributed by atoms with van der Waals surface area (Å²) in [4.78, 5) is 38.0. The molecule has 0 bridgehead atoms. The maximum atomic E-state index is 12.3. The van der Waals surface area contributed by atoms with Gasteiger partial charge >= 0.3 is 5.97 Å². The van der Waals surface area contributed by atoms with Gasteiger partial charge < -0.3 is 4.74 Å². The van der Waals surface area contributed by atoms with Crippen LogP contribution in [0.4, 0.5) is 4.79 Å². The number of carbonyl (C=O) groups excluding carboxylic acids is 3. The number of carbonyl (C=O) groups is 3. The summed E-state index contributed by atoms with van der Waals surface area (Å²) in [6.07, 6.45) is 1.65. The first-order chi connectivity index (χ1) is 9.93. The lowest BCUT2D eigenvalue weighted by Crippen LogP contribution is -2.42. The monoisotopic (exact) mass is 389 g/mol. The molecule has 0 saturated carbocycles. The van der Waals surface area contributed by atoms with Crippen LogP contribution in [0.15, 0.2) is 20.8 Å². The predicted octanol–water partition coefficient (Wildman–Crippen LogP) is 3.50. The maximum absolute atomic E-state index is 12.3. The number of imide groups is 1. The minimum atomic E-state index is -0.918. The molecule has 1 aliphatic rings. The van der Waals surface area contributed by atoms with Gasteiger partial charge in [-0.2, -0.15) is 0 Å². The third kappa shape index (κ3) is 3.56. The highest BCUT2D eigenvalue weighted by Crippen LogP contribution is 2.35. The van der Waals surface area contributed by atoms with E-state index in [1.807, 2.05) is 12.1 Å². The van der Waals surface area contributed by atoms with Crippen LogP contribution in [0.1, 0.15) is 18.7 Å². The van der Waals surface area contributed by atoms with Gasteiger partial charge in [0, 0.05) is 4.88 Å². The second-order valence-corrected chi connectivity index (χ2v) is 7.61. The first-order valence-electron chi connectivity index (χ1n) is 6.13. The molecule has 0 unspecified atom stereocenters. The van der Waals surface area contributed by atoms with Crippen molar-refractivity contribution >= 4 is 62.2 Å². The summed E-state index contributed by atoms with van der Waals surface area (Å²) < 4.78 is 5.79. The number of esters is 1. The number of hydrogen-bond acceptors (Lipinski definition) is 6. The van der Waals surface area contributed by atoms with Crippen LogP contribution in [0.3, 0.4) is 0 Å². The Morgan fingerprint density at radius 3 is 2.76 bits per heavy atom. The van der Waals surface area contributed by atoms with Crippen molar-refractivity contribution in [1.29, 1.82) is 0 Å².